The number of aromatic nitrogens is 2. The Balaban J connectivity index is 0.000000293. The maximum absolute atomic E-state index is 14.5. The first kappa shape index (κ1) is 65.9. The van der Waals surface area contributed by atoms with Crippen molar-refractivity contribution in [1.82, 2.24) is 45.9 Å². The van der Waals surface area contributed by atoms with Crippen molar-refractivity contribution in [1.29, 1.82) is 0 Å². The summed E-state index contributed by atoms with van der Waals surface area (Å²) in [5, 5.41) is 26.4. The van der Waals surface area contributed by atoms with Crippen molar-refractivity contribution in [3.05, 3.63) is 140 Å². The predicted molar refractivity (Wildman–Crippen MR) is 320 cm³/mol. The lowest BCUT2D eigenvalue weighted by molar-refractivity contribution is -0.157. The fraction of sp³-hybridized carbons (Fsp3) is 0.397. The lowest BCUT2D eigenvalue weighted by Gasteiger charge is -2.22. The van der Waals surface area contributed by atoms with Crippen molar-refractivity contribution in [2.45, 2.75) is 117 Å². The summed E-state index contributed by atoms with van der Waals surface area (Å²) < 4.78 is 26.4. The highest BCUT2D eigenvalue weighted by molar-refractivity contribution is 6.12. The minimum Gasteiger partial charge on any atom is -0.458 e. The zero-order valence-electron chi connectivity index (χ0n) is 49.8. The van der Waals surface area contributed by atoms with Crippen LogP contribution in [0.2, 0.25) is 0 Å². The molecule has 88 heavy (non-hydrogen) atoms. The van der Waals surface area contributed by atoms with E-state index in [0.29, 0.717) is 84.5 Å². The van der Waals surface area contributed by atoms with Crippen LogP contribution in [0.3, 0.4) is 0 Å². The van der Waals surface area contributed by atoms with Gasteiger partial charge in [0, 0.05) is 86.9 Å². The summed E-state index contributed by atoms with van der Waals surface area (Å²) in [6, 6.07) is 17.5. The number of anilines is 1. The number of aryl methyl sites for hydroxylation is 2. The van der Waals surface area contributed by atoms with Gasteiger partial charge < -0.3 is 55.9 Å². The molecule has 466 valence electrons. The van der Waals surface area contributed by atoms with Gasteiger partial charge in [0.1, 0.15) is 25.1 Å². The summed E-state index contributed by atoms with van der Waals surface area (Å²) in [4.78, 5) is 142. The second kappa shape index (κ2) is 31.1. The maximum atomic E-state index is 14.5. The number of hydrogen-bond donors (Lipinski definition) is 7. The molecular weight excluding hydrogens is 1140 g/mol. The minimum atomic E-state index is -1.48. The summed E-state index contributed by atoms with van der Waals surface area (Å²) in [6.45, 7) is 5.42. The van der Waals surface area contributed by atoms with E-state index in [1.165, 1.54) is 23.1 Å². The van der Waals surface area contributed by atoms with E-state index in [9.17, 15) is 62.2 Å². The number of carbonyl (C=O) groups excluding carboxylic acids is 10. The van der Waals surface area contributed by atoms with E-state index >= 15 is 0 Å². The lowest BCUT2D eigenvalue weighted by Crippen LogP contribution is -2.52. The average molecular weight is 1210 g/mol. The second-order valence-corrected chi connectivity index (χ2v) is 21.0. The number of halogens is 1. The number of pyridine rings is 2. The molecule has 2 unspecified atom stereocenters. The van der Waals surface area contributed by atoms with Crippen molar-refractivity contribution >= 4 is 75.9 Å². The van der Waals surface area contributed by atoms with Crippen LogP contribution in [0.1, 0.15) is 109 Å². The molecule has 9 amide bonds. The van der Waals surface area contributed by atoms with Crippen molar-refractivity contribution in [2.24, 2.45) is 0 Å². The van der Waals surface area contributed by atoms with Crippen LogP contribution in [-0.2, 0) is 91.6 Å². The van der Waals surface area contributed by atoms with E-state index in [4.69, 9.17) is 14.5 Å². The van der Waals surface area contributed by atoms with Crippen LogP contribution in [0, 0.1) is 12.7 Å². The number of carbonyl (C=O) groups is 10. The maximum Gasteiger partial charge on any atom is 0.409 e. The highest BCUT2D eigenvalue weighted by Gasteiger charge is 2.36. The molecule has 3 aromatic carbocycles. The van der Waals surface area contributed by atoms with Crippen LogP contribution >= 0.6 is 0 Å². The number of nitrogens with one attached hydrogen (secondary N) is 6. The molecule has 9 rings (SSSR count). The molecule has 1 aliphatic carbocycles. The molecule has 2 atom stereocenters. The van der Waals surface area contributed by atoms with Crippen molar-refractivity contribution in [3.63, 3.8) is 0 Å². The lowest BCUT2D eigenvalue weighted by atomic mass is 9.85. The first-order valence-corrected chi connectivity index (χ1v) is 29.2. The Labute approximate surface area is 507 Å². The van der Waals surface area contributed by atoms with Crippen LogP contribution in [0.25, 0.3) is 22.3 Å². The number of aliphatic hydroxyl groups is 1. The monoisotopic (exact) mass is 1210 g/mol. The quantitative estimate of drug-likeness (QED) is 0.0273. The van der Waals surface area contributed by atoms with Crippen molar-refractivity contribution in [3.8, 4) is 11.4 Å². The number of amides is 9. The Kier molecular flexibility index (Phi) is 23.3. The van der Waals surface area contributed by atoms with E-state index in [0.717, 1.165) is 51.8 Å². The van der Waals surface area contributed by atoms with Crippen LogP contribution in [0.5, 0.6) is 0 Å². The van der Waals surface area contributed by atoms with Gasteiger partial charge in [0.2, 0.25) is 35.4 Å². The SMILES string of the molecule is CC.CNC(=O)CCCN(C)C(=O)OCc1ccc(NC(=O)CNC(=O)C(Cc2ccccc2)NC(=O)CNC(=O)CNC(=O)CCCCCN2C(=O)C=CC2=O)cc1.Cc1c(F)cc2nc3c(c4c2c1CCC4)Cn1c-3cc2c(c1=O)COC(=O)C2O. The number of fused-ring (bicyclic) bond motifs is 5. The molecule has 0 bridgehead atoms. The number of nitrogens with zero attached hydrogens (tertiary/aromatic N) is 4. The van der Waals surface area contributed by atoms with Crippen molar-refractivity contribution in [2.75, 3.05) is 52.1 Å². The standard InChI is InChI=1S/C39H50N8O10.C22H17FN2O4.C2H6/c1-40-31(48)13-9-20-46(2)39(56)57-26-28-14-16-29(17-15-28)44-34(51)25-43-38(55)30(22-27-10-5-3-6-11-27)45-35(52)24-42-33(50)23-41-32(49)12-7-4-8-21-47-36(53)18-19-37(47)54;1-9-10-3-2-4-11-13-7-25-17(19(13)24-16(18(10)11)6-15(9)23)5-12-14(21(25)27)8-29-22(28)20(12)26;1-2/h3,5-6,10-11,14-19,30H,4,7-9,12-13,20-26H2,1-2H3,(H,40,48)(H,41,49)(H,42,50)(H,43,55)(H,44,51)(H,45,52);5-6,20,26H,2-4,7-8H2,1H3;1-2H3. The molecule has 24 nitrogen and oxygen atoms in total. The highest BCUT2D eigenvalue weighted by atomic mass is 19.1. The fourth-order valence-corrected chi connectivity index (χ4v) is 10.4. The van der Waals surface area contributed by atoms with E-state index in [1.54, 1.807) is 86.2 Å². The van der Waals surface area contributed by atoms with Gasteiger partial charge in [-0.15, -0.1) is 0 Å². The molecule has 7 N–H and O–H groups in total. The van der Waals surface area contributed by atoms with Gasteiger partial charge in [0.25, 0.3) is 17.4 Å². The Morgan fingerprint density at radius 3 is 2.16 bits per heavy atom. The van der Waals surface area contributed by atoms with E-state index in [2.05, 4.69) is 31.9 Å². The van der Waals surface area contributed by atoms with Gasteiger partial charge in [0.15, 0.2) is 6.10 Å². The van der Waals surface area contributed by atoms with E-state index < -0.39 is 60.9 Å². The summed E-state index contributed by atoms with van der Waals surface area (Å²) >= 11 is 0. The molecule has 2 aromatic heterocycles. The third-order valence-corrected chi connectivity index (χ3v) is 15.1. The number of esters is 1. The molecule has 0 spiro atoms. The first-order valence-electron chi connectivity index (χ1n) is 29.2. The molecule has 0 saturated carbocycles. The van der Waals surface area contributed by atoms with Gasteiger partial charge in [-0.05, 0) is 91.5 Å². The molecule has 4 aliphatic rings. The zero-order valence-corrected chi connectivity index (χ0v) is 49.8. The number of cyclic esters (lactones) is 1. The van der Waals surface area contributed by atoms with Gasteiger partial charge in [-0.25, -0.2) is 19.0 Å². The smallest absolute Gasteiger partial charge is 0.409 e. The summed E-state index contributed by atoms with van der Waals surface area (Å²) in [5.41, 5.74) is 7.70. The zero-order chi connectivity index (χ0) is 63.6. The van der Waals surface area contributed by atoms with Crippen molar-refractivity contribution < 1.29 is 66.9 Å². The molecule has 0 saturated heterocycles. The highest BCUT2D eigenvalue weighted by Crippen LogP contribution is 2.42. The van der Waals surface area contributed by atoms with Gasteiger partial charge in [-0.2, -0.15) is 0 Å². The van der Waals surface area contributed by atoms with Gasteiger partial charge >= 0.3 is 12.1 Å². The molecule has 0 radical (unpaired) electrons. The summed E-state index contributed by atoms with van der Waals surface area (Å²) in [7, 11) is 3.12. The topological polar surface area (TPSA) is 323 Å². The second-order valence-electron chi connectivity index (χ2n) is 21.0. The molecule has 5 heterocycles. The van der Waals surface area contributed by atoms with Crippen LogP contribution < -0.4 is 37.5 Å². The number of imide groups is 1. The number of hydrogen-bond acceptors (Lipinski definition) is 15. The number of benzene rings is 3. The molecule has 0 fully saturated rings. The van der Waals surface area contributed by atoms with Gasteiger partial charge in [-0.3, -0.25) is 48.1 Å². The largest absolute Gasteiger partial charge is 0.458 e. The molecular formula is C63H73FN10O14. The number of unbranched alkanes of at least 4 members (excludes halogenated alkanes) is 2. The summed E-state index contributed by atoms with van der Waals surface area (Å²) in [5.74, 6) is -4.68. The summed E-state index contributed by atoms with van der Waals surface area (Å²) in [6.07, 6.45) is 5.65. The molecule has 5 aromatic rings. The number of rotatable bonds is 23. The van der Waals surface area contributed by atoms with Gasteiger partial charge in [-0.1, -0.05) is 62.7 Å². The molecule has 3 aliphatic heterocycles. The van der Waals surface area contributed by atoms with Crippen LogP contribution in [0.4, 0.5) is 14.9 Å². The normalized spacial score (nSPS) is 14.3. The Bertz CT molecular complexity index is 3550. The predicted octanol–water partition coefficient (Wildman–Crippen LogP) is 3.76. The number of ether oxygens (including phenoxy) is 2. The molecule has 25 heteroatoms. The Hall–Kier alpha value is -9.65. The third kappa shape index (κ3) is 16.9. The third-order valence-electron chi connectivity index (χ3n) is 15.1. The minimum absolute atomic E-state index is 0.00618. The number of aliphatic hydroxyl groups excluding tert-OH is 1. The van der Waals surface area contributed by atoms with Crippen LogP contribution in [0.15, 0.2) is 83.7 Å². The van der Waals surface area contributed by atoms with E-state index in [-0.39, 0.29) is 79.7 Å². The van der Waals surface area contributed by atoms with Gasteiger partial charge in [0.05, 0.1) is 48.6 Å². The fourth-order valence-electron chi connectivity index (χ4n) is 10.4. The Morgan fingerprint density at radius 2 is 1.44 bits per heavy atom. The van der Waals surface area contributed by atoms with Crippen LogP contribution in [-0.4, -0.2) is 137 Å². The van der Waals surface area contributed by atoms with E-state index in [1.807, 2.05) is 13.8 Å². The average Bonchev–Trinajstić information content (AvgIpc) is 1.52. The Morgan fingerprint density at radius 1 is 0.773 bits per heavy atom. The first-order chi connectivity index (χ1) is 42.3.